The largest absolute Gasteiger partial charge is 0.481 e. The molecular weight excluding hydrogens is 286 g/mol. The van der Waals surface area contributed by atoms with E-state index in [2.05, 4.69) is 4.74 Å². The van der Waals surface area contributed by atoms with E-state index in [4.69, 9.17) is 5.11 Å². The molecule has 8 heteroatoms. The van der Waals surface area contributed by atoms with Gasteiger partial charge in [-0.3, -0.25) is 9.59 Å². The van der Waals surface area contributed by atoms with Crippen molar-refractivity contribution in [2.75, 3.05) is 26.0 Å². The molecule has 0 aromatic rings. The second-order valence-corrected chi connectivity index (χ2v) is 7.66. The Morgan fingerprint density at radius 2 is 2.05 bits per heavy atom. The van der Waals surface area contributed by atoms with Gasteiger partial charge in [0, 0.05) is 13.1 Å². The van der Waals surface area contributed by atoms with Crippen molar-refractivity contribution in [1.82, 2.24) is 4.31 Å². The zero-order valence-electron chi connectivity index (χ0n) is 11.4. The average Bonchev–Trinajstić information content (AvgIpc) is 2.93. The standard InChI is InChI=1S/C12H19NO6S/c1-19-10(14)6-12(3-4-12)8-20(17,18)13-5-2-9(7-13)11(15)16/h9H,2-8H2,1H3,(H,15,16). The molecule has 0 spiro atoms. The van der Waals surface area contributed by atoms with Crippen molar-refractivity contribution in [3.05, 3.63) is 0 Å². The lowest BCUT2D eigenvalue weighted by atomic mass is 10.1. The Labute approximate surface area is 117 Å². The second-order valence-electron chi connectivity index (χ2n) is 5.69. The molecule has 20 heavy (non-hydrogen) atoms. The van der Waals surface area contributed by atoms with Crippen molar-refractivity contribution < 1.29 is 27.9 Å². The fourth-order valence-electron chi connectivity index (χ4n) is 2.59. The van der Waals surface area contributed by atoms with Crippen LogP contribution >= 0.6 is 0 Å². The molecule has 1 unspecified atom stereocenters. The van der Waals surface area contributed by atoms with Gasteiger partial charge in [-0.15, -0.1) is 0 Å². The number of aliphatic carboxylic acids is 1. The van der Waals surface area contributed by atoms with Crippen molar-refractivity contribution in [1.29, 1.82) is 0 Å². The third-order valence-corrected chi connectivity index (χ3v) is 6.18. The van der Waals surface area contributed by atoms with E-state index in [-0.39, 0.29) is 25.3 Å². The van der Waals surface area contributed by atoms with Crippen LogP contribution in [0.4, 0.5) is 0 Å². The van der Waals surface area contributed by atoms with E-state index in [0.29, 0.717) is 19.3 Å². The van der Waals surface area contributed by atoms with Crippen molar-refractivity contribution in [2.24, 2.45) is 11.3 Å². The molecule has 1 heterocycles. The predicted octanol–water partition coefficient (Wildman–Crippen LogP) is 0.0660. The van der Waals surface area contributed by atoms with E-state index in [9.17, 15) is 18.0 Å². The van der Waals surface area contributed by atoms with Gasteiger partial charge in [0.2, 0.25) is 10.0 Å². The van der Waals surface area contributed by atoms with Gasteiger partial charge >= 0.3 is 11.9 Å². The van der Waals surface area contributed by atoms with Crippen LogP contribution < -0.4 is 0 Å². The van der Waals surface area contributed by atoms with E-state index in [1.165, 1.54) is 11.4 Å². The fraction of sp³-hybridized carbons (Fsp3) is 0.833. The van der Waals surface area contributed by atoms with Gasteiger partial charge in [0.1, 0.15) is 0 Å². The van der Waals surface area contributed by atoms with Gasteiger partial charge in [0.05, 0.1) is 25.2 Å². The maximum atomic E-state index is 12.3. The van der Waals surface area contributed by atoms with Crippen LogP contribution in [0.3, 0.4) is 0 Å². The van der Waals surface area contributed by atoms with Gasteiger partial charge in [0.25, 0.3) is 0 Å². The van der Waals surface area contributed by atoms with Crippen LogP contribution in [0.1, 0.15) is 25.7 Å². The third-order valence-electron chi connectivity index (χ3n) is 4.09. The lowest BCUT2D eigenvalue weighted by molar-refractivity contribution is -0.142. The Hall–Kier alpha value is -1.15. The summed E-state index contributed by atoms with van der Waals surface area (Å²) in [4.78, 5) is 22.2. The molecule has 0 radical (unpaired) electrons. The molecule has 0 aromatic heterocycles. The summed E-state index contributed by atoms with van der Waals surface area (Å²) in [6, 6.07) is 0. The van der Waals surface area contributed by atoms with Crippen LogP contribution in [0, 0.1) is 11.3 Å². The summed E-state index contributed by atoms with van der Waals surface area (Å²) in [7, 11) is -2.23. The van der Waals surface area contributed by atoms with Crippen molar-refractivity contribution >= 4 is 22.0 Å². The molecule has 1 N–H and O–H groups in total. The highest BCUT2D eigenvalue weighted by Crippen LogP contribution is 2.50. The van der Waals surface area contributed by atoms with Crippen LogP contribution in [-0.4, -0.2) is 55.7 Å². The molecule has 2 aliphatic rings. The minimum atomic E-state index is -3.51. The first kappa shape index (κ1) is 15.2. The summed E-state index contributed by atoms with van der Waals surface area (Å²) >= 11 is 0. The van der Waals surface area contributed by atoms with E-state index in [0.717, 1.165) is 0 Å². The van der Waals surface area contributed by atoms with Gasteiger partial charge in [-0.25, -0.2) is 12.7 Å². The predicted molar refractivity (Wildman–Crippen MR) is 69.4 cm³/mol. The fourth-order valence-corrected chi connectivity index (χ4v) is 4.73. The summed E-state index contributed by atoms with van der Waals surface area (Å²) in [5, 5.41) is 8.91. The first-order chi connectivity index (χ1) is 9.28. The Balaban J connectivity index is 1.98. The molecule has 114 valence electrons. The number of methoxy groups -OCH3 is 1. The summed E-state index contributed by atoms with van der Waals surface area (Å²) in [5.41, 5.74) is -0.507. The van der Waals surface area contributed by atoms with Gasteiger partial charge in [-0.05, 0) is 24.7 Å². The molecule has 1 saturated heterocycles. The molecule has 1 aliphatic carbocycles. The number of carbonyl (C=O) groups excluding carboxylic acids is 1. The quantitative estimate of drug-likeness (QED) is 0.697. The molecule has 1 atom stereocenters. The van der Waals surface area contributed by atoms with Gasteiger partial charge < -0.3 is 9.84 Å². The highest BCUT2D eigenvalue weighted by atomic mass is 32.2. The maximum Gasteiger partial charge on any atom is 0.307 e. The molecule has 0 amide bonds. The Morgan fingerprint density at radius 3 is 2.50 bits per heavy atom. The number of rotatable bonds is 6. The number of hydrogen-bond acceptors (Lipinski definition) is 5. The van der Waals surface area contributed by atoms with Crippen LogP contribution in [0.5, 0.6) is 0 Å². The molecule has 2 fully saturated rings. The first-order valence-electron chi connectivity index (χ1n) is 6.55. The number of carbonyl (C=O) groups is 2. The Kier molecular flexibility index (Phi) is 4.06. The summed E-state index contributed by atoms with van der Waals surface area (Å²) < 4.78 is 30.4. The van der Waals surface area contributed by atoms with Crippen molar-refractivity contribution in [2.45, 2.75) is 25.7 Å². The van der Waals surface area contributed by atoms with Crippen LogP contribution in [0.25, 0.3) is 0 Å². The van der Waals surface area contributed by atoms with E-state index in [1.807, 2.05) is 0 Å². The minimum Gasteiger partial charge on any atom is -0.481 e. The molecule has 2 rings (SSSR count). The topological polar surface area (TPSA) is 101 Å². The number of nitrogens with zero attached hydrogens (tertiary/aromatic N) is 1. The van der Waals surface area contributed by atoms with Crippen LogP contribution in [0.2, 0.25) is 0 Å². The average molecular weight is 305 g/mol. The molecule has 0 aromatic carbocycles. The highest BCUT2D eigenvalue weighted by Gasteiger charge is 2.50. The molecule has 1 saturated carbocycles. The number of ether oxygens (including phenoxy) is 1. The Bertz CT molecular complexity index is 510. The second kappa shape index (κ2) is 5.33. The molecular formula is C12H19NO6S. The zero-order chi connectivity index (χ0) is 15.0. The Morgan fingerprint density at radius 1 is 1.40 bits per heavy atom. The van der Waals surface area contributed by atoms with E-state index >= 15 is 0 Å². The number of esters is 1. The highest BCUT2D eigenvalue weighted by molar-refractivity contribution is 7.89. The van der Waals surface area contributed by atoms with Crippen molar-refractivity contribution in [3.8, 4) is 0 Å². The summed E-state index contributed by atoms with van der Waals surface area (Å²) in [5.74, 6) is -2.08. The number of carboxylic acid groups (broad SMARTS) is 1. The summed E-state index contributed by atoms with van der Waals surface area (Å²) in [6.45, 7) is 0.277. The molecule has 7 nitrogen and oxygen atoms in total. The van der Waals surface area contributed by atoms with Crippen LogP contribution in [0.15, 0.2) is 0 Å². The van der Waals surface area contributed by atoms with Crippen molar-refractivity contribution in [3.63, 3.8) is 0 Å². The van der Waals surface area contributed by atoms with Gasteiger partial charge in [0.15, 0.2) is 0 Å². The van der Waals surface area contributed by atoms with E-state index < -0.39 is 33.3 Å². The molecule has 0 bridgehead atoms. The number of carboxylic acids is 1. The third kappa shape index (κ3) is 3.29. The monoisotopic (exact) mass is 305 g/mol. The minimum absolute atomic E-state index is 0.0337. The molecule has 1 aliphatic heterocycles. The number of sulfonamides is 1. The lowest BCUT2D eigenvalue weighted by Crippen LogP contribution is -2.35. The zero-order valence-corrected chi connectivity index (χ0v) is 12.2. The maximum absolute atomic E-state index is 12.3. The van der Waals surface area contributed by atoms with Gasteiger partial charge in [-0.1, -0.05) is 0 Å². The smallest absolute Gasteiger partial charge is 0.307 e. The number of hydrogen-bond donors (Lipinski definition) is 1. The summed E-state index contributed by atoms with van der Waals surface area (Å²) in [6.07, 6.45) is 1.84. The van der Waals surface area contributed by atoms with Gasteiger partial charge in [-0.2, -0.15) is 0 Å². The SMILES string of the molecule is COC(=O)CC1(CS(=O)(=O)N2CCC(C(=O)O)C2)CC1. The van der Waals surface area contributed by atoms with E-state index in [1.54, 1.807) is 0 Å². The normalized spacial score (nSPS) is 25.4. The van der Waals surface area contributed by atoms with Crippen LogP contribution in [-0.2, 0) is 24.3 Å². The lowest BCUT2D eigenvalue weighted by Gasteiger charge is -2.20. The first-order valence-corrected chi connectivity index (χ1v) is 8.16.